The summed E-state index contributed by atoms with van der Waals surface area (Å²) in [5.74, 6) is 2.02. The van der Waals surface area contributed by atoms with Crippen LogP contribution < -0.4 is 9.47 Å². The zero-order chi connectivity index (χ0) is 18.4. The summed E-state index contributed by atoms with van der Waals surface area (Å²) in [4.78, 5) is 2.25. The molecule has 0 radical (unpaired) electrons. The van der Waals surface area contributed by atoms with Crippen LogP contribution in [0.2, 0.25) is 0 Å². The Bertz CT molecular complexity index is 533. The average molecular weight is 351 g/mol. The van der Waals surface area contributed by atoms with E-state index in [4.69, 9.17) is 9.47 Å². The molecule has 0 spiro atoms. The normalized spacial score (nSPS) is 18.2. The summed E-state index contributed by atoms with van der Waals surface area (Å²) in [6.07, 6.45) is 1.47. The number of aliphatic hydroxyl groups excluding tert-OH is 2. The second-order valence-electron chi connectivity index (χ2n) is 8.00. The lowest BCUT2D eigenvalue weighted by molar-refractivity contribution is 0.0484. The van der Waals surface area contributed by atoms with E-state index in [0.29, 0.717) is 12.5 Å². The molecule has 0 bridgehead atoms. The molecular formula is C20H33NO4. The van der Waals surface area contributed by atoms with Gasteiger partial charge in [0.25, 0.3) is 0 Å². The minimum absolute atomic E-state index is 0.0684. The van der Waals surface area contributed by atoms with E-state index in [2.05, 4.69) is 25.7 Å². The van der Waals surface area contributed by atoms with Crippen molar-refractivity contribution in [3.63, 3.8) is 0 Å². The molecule has 5 heteroatoms. The van der Waals surface area contributed by atoms with Gasteiger partial charge in [-0.2, -0.15) is 0 Å². The van der Waals surface area contributed by atoms with Gasteiger partial charge in [-0.15, -0.1) is 0 Å². The van der Waals surface area contributed by atoms with Crippen LogP contribution in [0.5, 0.6) is 11.5 Å². The standard InChI is InChI=1S/C20H33NO4/c1-20(2,3)18-11-17(24-4)5-6-19(18)25-14-16(23)12-21-9-7-15(13-22)8-10-21/h5-6,11,15-16,22-23H,7-10,12-14H2,1-4H3. The van der Waals surface area contributed by atoms with Crippen LogP contribution in [0.1, 0.15) is 39.2 Å². The fourth-order valence-corrected chi connectivity index (χ4v) is 3.24. The molecule has 1 atom stereocenters. The number of methoxy groups -OCH3 is 1. The van der Waals surface area contributed by atoms with E-state index in [0.717, 1.165) is 43.0 Å². The van der Waals surface area contributed by atoms with Gasteiger partial charge in [-0.3, -0.25) is 0 Å². The minimum Gasteiger partial charge on any atom is -0.497 e. The monoisotopic (exact) mass is 351 g/mol. The first-order valence-electron chi connectivity index (χ1n) is 9.16. The van der Waals surface area contributed by atoms with Crippen molar-refractivity contribution in [3.8, 4) is 11.5 Å². The average Bonchev–Trinajstić information content (AvgIpc) is 2.59. The molecule has 0 amide bonds. The highest BCUT2D eigenvalue weighted by molar-refractivity contribution is 5.44. The highest BCUT2D eigenvalue weighted by Crippen LogP contribution is 2.34. The van der Waals surface area contributed by atoms with Gasteiger partial charge in [-0.1, -0.05) is 20.8 Å². The lowest BCUT2D eigenvalue weighted by atomic mass is 9.86. The second kappa shape index (κ2) is 8.88. The molecule has 5 nitrogen and oxygen atoms in total. The van der Waals surface area contributed by atoms with Crippen LogP contribution in [-0.2, 0) is 5.41 Å². The van der Waals surface area contributed by atoms with Gasteiger partial charge in [-0.25, -0.2) is 0 Å². The Morgan fingerprint density at radius 3 is 2.48 bits per heavy atom. The number of ether oxygens (including phenoxy) is 2. The smallest absolute Gasteiger partial charge is 0.123 e. The van der Waals surface area contributed by atoms with Gasteiger partial charge in [0.05, 0.1) is 7.11 Å². The molecule has 25 heavy (non-hydrogen) atoms. The number of aliphatic hydroxyl groups is 2. The largest absolute Gasteiger partial charge is 0.497 e. The molecule has 1 aliphatic rings. The number of hydrogen-bond donors (Lipinski definition) is 2. The Morgan fingerprint density at radius 1 is 1.24 bits per heavy atom. The van der Waals surface area contributed by atoms with Crippen molar-refractivity contribution in [1.82, 2.24) is 4.90 Å². The molecule has 0 aliphatic carbocycles. The van der Waals surface area contributed by atoms with Gasteiger partial charge in [0, 0.05) is 18.7 Å². The van der Waals surface area contributed by atoms with E-state index < -0.39 is 6.10 Å². The summed E-state index contributed by atoms with van der Waals surface area (Å²) in [7, 11) is 1.66. The third kappa shape index (κ3) is 5.87. The van der Waals surface area contributed by atoms with Gasteiger partial charge < -0.3 is 24.6 Å². The molecule has 1 aliphatic heterocycles. The molecule has 1 unspecified atom stereocenters. The quantitative estimate of drug-likeness (QED) is 0.790. The summed E-state index contributed by atoms with van der Waals surface area (Å²) in [6, 6.07) is 5.80. The molecule has 2 rings (SSSR count). The van der Waals surface area contributed by atoms with E-state index in [-0.39, 0.29) is 18.6 Å². The number of benzene rings is 1. The predicted molar refractivity (Wildman–Crippen MR) is 99.4 cm³/mol. The van der Waals surface area contributed by atoms with E-state index >= 15 is 0 Å². The molecular weight excluding hydrogens is 318 g/mol. The van der Waals surface area contributed by atoms with Gasteiger partial charge >= 0.3 is 0 Å². The lowest BCUT2D eigenvalue weighted by Crippen LogP contribution is -2.41. The Kier molecular flexibility index (Phi) is 7.11. The van der Waals surface area contributed by atoms with Crippen molar-refractivity contribution in [2.75, 3.05) is 40.0 Å². The fourth-order valence-electron chi connectivity index (χ4n) is 3.24. The number of likely N-dealkylation sites (tertiary alicyclic amines) is 1. The highest BCUT2D eigenvalue weighted by Gasteiger charge is 2.23. The van der Waals surface area contributed by atoms with Crippen LogP contribution in [0.15, 0.2) is 18.2 Å². The first-order valence-corrected chi connectivity index (χ1v) is 9.16. The second-order valence-corrected chi connectivity index (χ2v) is 8.00. The summed E-state index contributed by atoms with van der Waals surface area (Å²) >= 11 is 0. The zero-order valence-electron chi connectivity index (χ0n) is 16.0. The SMILES string of the molecule is COc1ccc(OCC(O)CN2CCC(CO)CC2)c(C(C)(C)C)c1. The van der Waals surface area contributed by atoms with Crippen LogP contribution in [0, 0.1) is 5.92 Å². The molecule has 1 aromatic carbocycles. The third-order valence-electron chi connectivity index (χ3n) is 4.86. The van der Waals surface area contributed by atoms with E-state index in [1.54, 1.807) is 7.11 Å². The number of β-amino-alcohol motifs (C(OH)–C–C–N with tert-alkyl or cyclic N) is 1. The van der Waals surface area contributed by atoms with Crippen molar-refractivity contribution in [2.24, 2.45) is 5.92 Å². The Labute approximate surface area is 151 Å². The molecule has 1 heterocycles. The van der Waals surface area contributed by atoms with Gasteiger partial charge in [-0.05, 0) is 55.5 Å². The van der Waals surface area contributed by atoms with Crippen molar-refractivity contribution in [3.05, 3.63) is 23.8 Å². The minimum atomic E-state index is -0.527. The van der Waals surface area contributed by atoms with Crippen molar-refractivity contribution < 1.29 is 19.7 Å². The zero-order valence-corrected chi connectivity index (χ0v) is 16.0. The topological polar surface area (TPSA) is 62.2 Å². The maximum absolute atomic E-state index is 10.3. The van der Waals surface area contributed by atoms with E-state index in [1.807, 2.05) is 18.2 Å². The molecule has 0 aromatic heterocycles. The Balaban J connectivity index is 1.90. The van der Waals surface area contributed by atoms with E-state index in [9.17, 15) is 10.2 Å². The molecule has 1 aromatic rings. The van der Waals surface area contributed by atoms with Crippen LogP contribution in [0.3, 0.4) is 0 Å². The molecule has 2 N–H and O–H groups in total. The molecule has 1 saturated heterocycles. The number of piperidine rings is 1. The summed E-state index contributed by atoms with van der Waals surface area (Å²) in [5.41, 5.74) is 1.00. The van der Waals surface area contributed by atoms with Gasteiger partial charge in [0.1, 0.15) is 24.2 Å². The Hall–Kier alpha value is -1.30. The fraction of sp³-hybridized carbons (Fsp3) is 0.700. The maximum Gasteiger partial charge on any atom is 0.123 e. The van der Waals surface area contributed by atoms with Crippen molar-refractivity contribution in [1.29, 1.82) is 0 Å². The van der Waals surface area contributed by atoms with Crippen LogP contribution in [-0.4, -0.2) is 61.2 Å². The third-order valence-corrected chi connectivity index (χ3v) is 4.86. The molecule has 142 valence electrons. The number of hydrogen-bond acceptors (Lipinski definition) is 5. The van der Waals surface area contributed by atoms with Gasteiger partial charge in [0.2, 0.25) is 0 Å². The highest BCUT2D eigenvalue weighted by atomic mass is 16.5. The van der Waals surface area contributed by atoms with Gasteiger partial charge in [0.15, 0.2) is 0 Å². The van der Waals surface area contributed by atoms with E-state index in [1.165, 1.54) is 0 Å². The first-order chi connectivity index (χ1) is 11.8. The Morgan fingerprint density at radius 2 is 1.92 bits per heavy atom. The summed E-state index contributed by atoms with van der Waals surface area (Å²) in [5, 5.41) is 19.5. The summed E-state index contributed by atoms with van der Waals surface area (Å²) in [6.45, 7) is 9.42. The van der Waals surface area contributed by atoms with Crippen molar-refractivity contribution >= 4 is 0 Å². The number of rotatable bonds is 7. The lowest BCUT2D eigenvalue weighted by Gasteiger charge is -2.32. The predicted octanol–water partition coefficient (Wildman–Crippen LogP) is 2.44. The maximum atomic E-state index is 10.3. The molecule has 0 saturated carbocycles. The summed E-state index contributed by atoms with van der Waals surface area (Å²) < 4.78 is 11.3. The number of nitrogens with zero attached hydrogens (tertiary/aromatic N) is 1. The van der Waals surface area contributed by atoms with Crippen LogP contribution in [0.4, 0.5) is 0 Å². The van der Waals surface area contributed by atoms with Crippen LogP contribution >= 0.6 is 0 Å². The van der Waals surface area contributed by atoms with Crippen molar-refractivity contribution in [2.45, 2.75) is 45.1 Å². The van der Waals surface area contributed by atoms with Crippen LogP contribution in [0.25, 0.3) is 0 Å². The first kappa shape index (κ1) is 20.0. The molecule has 1 fully saturated rings.